The fraction of sp³-hybridized carbons (Fsp3) is 0.200. The van der Waals surface area contributed by atoms with Crippen molar-refractivity contribution in [1.29, 1.82) is 0 Å². The normalized spacial score (nSPS) is 10.1. The van der Waals surface area contributed by atoms with Crippen molar-refractivity contribution in [3.05, 3.63) is 46.9 Å². The molecule has 2 aromatic carbocycles. The van der Waals surface area contributed by atoms with Gasteiger partial charge in [0, 0.05) is 5.69 Å². The maximum absolute atomic E-state index is 5.63. The predicted octanol–water partition coefficient (Wildman–Crippen LogP) is 3.50. The van der Waals surface area contributed by atoms with Gasteiger partial charge in [-0.3, -0.25) is 0 Å². The van der Waals surface area contributed by atoms with Crippen molar-refractivity contribution in [2.75, 3.05) is 26.1 Å². The summed E-state index contributed by atoms with van der Waals surface area (Å²) >= 11 is 3.43. The van der Waals surface area contributed by atoms with Crippen LogP contribution in [0.2, 0.25) is 0 Å². The zero-order valence-corrected chi connectivity index (χ0v) is 12.7. The van der Waals surface area contributed by atoms with E-state index in [1.54, 1.807) is 19.2 Å². The van der Waals surface area contributed by atoms with Crippen molar-refractivity contribution in [1.82, 2.24) is 0 Å². The lowest BCUT2D eigenvalue weighted by Gasteiger charge is -2.10. The van der Waals surface area contributed by atoms with E-state index < -0.39 is 0 Å². The van der Waals surface area contributed by atoms with Gasteiger partial charge in [-0.05, 0) is 58.4 Å². The third-order valence-corrected chi connectivity index (χ3v) is 3.25. The molecule has 0 aromatic heterocycles. The molecular formula is C15H16BrNO3. The summed E-state index contributed by atoms with van der Waals surface area (Å²) in [5.74, 6) is 2.31. The topological polar surface area (TPSA) is 53.7 Å². The number of hydrogen-bond donors (Lipinski definition) is 1. The molecule has 2 rings (SSSR count). The number of halogens is 1. The number of nitrogens with two attached hydrogens (primary N) is 1. The molecule has 2 aromatic rings. The highest BCUT2D eigenvalue weighted by Crippen LogP contribution is 2.29. The highest BCUT2D eigenvalue weighted by atomic mass is 79.9. The van der Waals surface area contributed by atoms with E-state index in [4.69, 9.17) is 19.9 Å². The van der Waals surface area contributed by atoms with Crippen molar-refractivity contribution in [2.45, 2.75) is 0 Å². The molecule has 20 heavy (non-hydrogen) atoms. The monoisotopic (exact) mass is 337 g/mol. The van der Waals surface area contributed by atoms with Crippen molar-refractivity contribution in [3.8, 4) is 17.2 Å². The lowest BCUT2D eigenvalue weighted by atomic mass is 10.3. The van der Waals surface area contributed by atoms with Gasteiger partial charge < -0.3 is 19.9 Å². The number of ether oxygens (including phenoxy) is 3. The van der Waals surface area contributed by atoms with Crippen LogP contribution < -0.4 is 19.9 Å². The second-order valence-corrected chi connectivity index (χ2v) is 4.92. The third kappa shape index (κ3) is 4.06. The summed E-state index contributed by atoms with van der Waals surface area (Å²) in [6.07, 6.45) is 0. The molecule has 0 spiro atoms. The average molecular weight is 338 g/mol. The number of anilines is 1. The molecule has 0 saturated carbocycles. The van der Waals surface area contributed by atoms with Crippen LogP contribution in [-0.2, 0) is 0 Å². The second kappa shape index (κ2) is 7.05. The maximum Gasteiger partial charge on any atom is 0.133 e. The minimum atomic E-state index is 0.454. The number of hydrogen-bond acceptors (Lipinski definition) is 4. The quantitative estimate of drug-likeness (QED) is 0.647. The summed E-state index contributed by atoms with van der Waals surface area (Å²) in [4.78, 5) is 0. The van der Waals surface area contributed by atoms with Crippen LogP contribution in [0, 0.1) is 0 Å². The predicted molar refractivity (Wildman–Crippen MR) is 82.5 cm³/mol. The molecule has 4 nitrogen and oxygen atoms in total. The summed E-state index contributed by atoms with van der Waals surface area (Å²) in [5.41, 5.74) is 6.32. The standard InChI is InChI=1S/C15H16BrNO3/c1-18-13-6-7-15(14(16)10-13)20-9-8-19-12-4-2-11(17)3-5-12/h2-7,10H,8-9,17H2,1H3. The summed E-state index contributed by atoms with van der Waals surface area (Å²) < 4.78 is 17.2. The summed E-state index contributed by atoms with van der Waals surface area (Å²) in [5, 5.41) is 0. The Morgan fingerprint density at radius 3 is 2.25 bits per heavy atom. The average Bonchev–Trinajstić information content (AvgIpc) is 2.46. The number of rotatable bonds is 6. The smallest absolute Gasteiger partial charge is 0.133 e. The Morgan fingerprint density at radius 1 is 0.950 bits per heavy atom. The van der Waals surface area contributed by atoms with Crippen LogP contribution in [0.1, 0.15) is 0 Å². The minimum Gasteiger partial charge on any atom is -0.497 e. The van der Waals surface area contributed by atoms with Crippen LogP contribution in [0.15, 0.2) is 46.9 Å². The first-order chi connectivity index (χ1) is 9.69. The van der Waals surface area contributed by atoms with Gasteiger partial charge in [0.05, 0.1) is 11.6 Å². The first kappa shape index (κ1) is 14.5. The molecule has 0 amide bonds. The van der Waals surface area contributed by atoms with Gasteiger partial charge in [-0.1, -0.05) is 0 Å². The lowest BCUT2D eigenvalue weighted by molar-refractivity contribution is 0.216. The molecule has 5 heteroatoms. The van der Waals surface area contributed by atoms with Gasteiger partial charge in [0.25, 0.3) is 0 Å². The lowest BCUT2D eigenvalue weighted by Crippen LogP contribution is -2.09. The molecule has 106 valence electrons. The van der Waals surface area contributed by atoms with E-state index in [0.717, 1.165) is 27.4 Å². The van der Waals surface area contributed by atoms with Gasteiger partial charge in [-0.15, -0.1) is 0 Å². The highest BCUT2D eigenvalue weighted by molar-refractivity contribution is 9.10. The molecule has 0 aliphatic carbocycles. The Kier molecular flexibility index (Phi) is 5.12. The molecule has 0 bridgehead atoms. The van der Waals surface area contributed by atoms with Gasteiger partial charge >= 0.3 is 0 Å². The first-order valence-electron chi connectivity index (χ1n) is 6.14. The van der Waals surface area contributed by atoms with E-state index in [0.29, 0.717) is 13.2 Å². The third-order valence-electron chi connectivity index (χ3n) is 2.63. The molecule has 0 saturated heterocycles. The van der Waals surface area contributed by atoms with Gasteiger partial charge in [0.2, 0.25) is 0 Å². The zero-order chi connectivity index (χ0) is 14.4. The Hall–Kier alpha value is -1.88. The van der Waals surface area contributed by atoms with Crippen molar-refractivity contribution in [3.63, 3.8) is 0 Å². The van der Waals surface area contributed by atoms with Gasteiger partial charge in [-0.2, -0.15) is 0 Å². The largest absolute Gasteiger partial charge is 0.497 e. The number of benzene rings is 2. The van der Waals surface area contributed by atoms with Crippen molar-refractivity contribution in [2.24, 2.45) is 0 Å². The molecular weight excluding hydrogens is 322 g/mol. The molecule has 0 aliphatic heterocycles. The highest BCUT2D eigenvalue weighted by Gasteiger charge is 2.03. The van der Waals surface area contributed by atoms with Gasteiger partial charge in [-0.25, -0.2) is 0 Å². The van der Waals surface area contributed by atoms with E-state index >= 15 is 0 Å². The number of methoxy groups -OCH3 is 1. The van der Waals surface area contributed by atoms with E-state index in [9.17, 15) is 0 Å². The van der Waals surface area contributed by atoms with E-state index in [1.807, 2.05) is 30.3 Å². The molecule has 0 heterocycles. The fourth-order valence-corrected chi connectivity index (χ4v) is 2.07. The Balaban J connectivity index is 1.79. The minimum absolute atomic E-state index is 0.454. The molecule has 0 fully saturated rings. The van der Waals surface area contributed by atoms with Gasteiger partial charge in [0.15, 0.2) is 0 Å². The van der Waals surface area contributed by atoms with Crippen LogP contribution in [0.4, 0.5) is 5.69 Å². The van der Waals surface area contributed by atoms with Crippen LogP contribution >= 0.6 is 15.9 Å². The van der Waals surface area contributed by atoms with E-state index in [2.05, 4.69) is 15.9 Å². The summed E-state index contributed by atoms with van der Waals surface area (Å²) in [6, 6.07) is 12.8. The fourth-order valence-electron chi connectivity index (χ4n) is 1.60. The van der Waals surface area contributed by atoms with Crippen LogP contribution in [0.3, 0.4) is 0 Å². The number of nitrogen functional groups attached to an aromatic ring is 1. The van der Waals surface area contributed by atoms with Gasteiger partial charge in [0.1, 0.15) is 30.5 Å². The molecule has 2 N–H and O–H groups in total. The first-order valence-corrected chi connectivity index (χ1v) is 6.93. The van der Waals surface area contributed by atoms with Crippen molar-refractivity contribution >= 4 is 21.6 Å². The van der Waals surface area contributed by atoms with Crippen LogP contribution in [-0.4, -0.2) is 20.3 Å². The Labute approximate surface area is 126 Å². The van der Waals surface area contributed by atoms with Crippen molar-refractivity contribution < 1.29 is 14.2 Å². The Bertz CT molecular complexity index is 558. The van der Waals surface area contributed by atoms with E-state index in [1.165, 1.54) is 0 Å². The molecule has 0 atom stereocenters. The summed E-state index contributed by atoms with van der Waals surface area (Å²) in [7, 11) is 1.63. The SMILES string of the molecule is COc1ccc(OCCOc2ccc(N)cc2)c(Br)c1. The maximum atomic E-state index is 5.63. The van der Waals surface area contributed by atoms with Crippen LogP contribution in [0.25, 0.3) is 0 Å². The van der Waals surface area contributed by atoms with E-state index in [-0.39, 0.29) is 0 Å². The molecule has 0 aliphatic rings. The summed E-state index contributed by atoms with van der Waals surface area (Å²) in [6.45, 7) is 0.914. The zero-order valence-electron chi connectivity index (χ0n) is 11.1. The molecule has 0 unspecified atom stereocenters. The second-order valence-electron chi connectivity index (χ2n) is 4.06. The van der Waals surface area contributed by atoms with Crippen LogP contribution in [0.5, 0.6) is 17.2 Å². The molecule has 0 radical (unpaired) electrons. The Morgan fingerprint density at radius 2 is 1.60 bits per heavy atom.